The number of carbonyl (C=O) groups is 2. The van der Waals surface area contributed by atoms with Crippen molar-refractivity contribution < 1.29 is 19.1 Å². The van der Waals surface area contributed by atoms with Crippen LogP contribution in [0.5, 0.6) is 5.75 Å². The Morgan fingerprint density at radius 2 is 1.75 bits per heavy atom. The highest BCUT2D eigenvalue weighted by atomic mass is 35.5. The van der Waals surface area contributed by atoms with Crippen LogP contribution < -0.4 is 9.64 Å². The van der Waals surface area contributed by atoms with E-state index in [-0.39, 0.29) is 23.7 Å². The van der Waals surface area contributed by atoms with E-state index in [1.807, 2.05) is 0 Å². The molecule has 5 nitrogen and oxygen atoms in total. The molecule has 0 atom stereocenters. The minimum atomic E-state index is -0.524. The first-order chi connectivity index (χ1) is 13.5. The maximum Gasteiger partial charge on any atom is 0.340 e. The summed E-state index contributed by atoms with van der Waals surface area (Å²) in [4.78, 5) is 27.3. The zero-order valence-corrected chi connectivity index (χ0v) is 16.6. The van der Waals surface area contributed by atoms with E-state index in [0.717, 1.165) is 5.56 Å². The van der Waals surface area contributed by atoms with E-state index in [0.29, 0.717) is 22.2 Å². The molecule has 0 radical (unpaired) electrons. The Kier molecular flexibility index (Phi) is 5.85. The summed E-state index contributed by atoms with van der Waals surface area (Å²) in [7, 11) is 1.58. The fraction of sp³-hybridized carbons (Fsp3) is 0.182. The van der Waals surface area contributed by atoms with Crippen LogP contribution in [0.1, 0.15) is 19.4 Å². The van der Waals surface area contributed by atoms with Crippen molar-refractivity contribution in [1.82, 2.24) is 0 Å². The van der Waals surface area contributed by atoms with Crippen molar-refractivity contribution in [1.29, 1.82) is 0 Å². The van der Waals surface area contributed by atoms with Gasteiger partial charge in [-0.15, -0.1) is 0 Å². The van der Waals surface area contributed by atoms with E-state index < -0.39 is 5.97 Å². The molecule has 0 N–H and O–H groups in total. The van der Waals surface area contributed by atoms with Gasteiger partial charge in [0, 0.05) is 16.4 Å². The molecule has 0 aromatic heterocycles. The molecule has 144 valence electrons. The number of rotatable bonds is 5. The van der Waals surface area contributed by atoms with Crippen molar-refractivity contribution in [3.8, 4) is 5.75 Å². The molecule has 3 rings (SSSR count). The van der Waals surface area contributed by atoms with Crippen molar-refractivity contribution in [2.75, 3.05) is 18.6 Å². The molecule has 0 spiro atoms. The number of ether oxygens (including phenoxy) is 2. The first-order valence-electron chi connectivity index (χ1n) is 8.80. The molecule has 1 amide bonds. The van der Waals surface area contributed by atoms with Gasteiger partial charge in [0.05, 0.1) is 24.9 Å². The minimum absolute atomic E-state index is 0.223. The molecule has 1 aliphatic rings. The average Bonchev–Trinajstić information content (AvgIpc) is 2.93. The summed E-state index contributed by atoms with van der Waals surface area (Å²) in [6.45, 7) is 3.69. The van der Waals surface area contributed by atoms with Gasteiger partial charge in [0.25, 0.3) is 5.91 Å². The number of anilines is 1. The van der Waals surface area contributed by atoms with Crippen molar-refractivity contribution >= 4 is 35.2 Å². The van der Waals surface area contributed by atoms with E-state index in [1.54, 1.807) is 75.6 Å². The molecule has 0 aliphatic carbocycles. The summed E-state index contributed by atoms with van der Waals surface area (Å²) >= 11 is 5.94. The fourth-order valence-electron chi connectivity index (χ4n) is 3.05. The van der Waals surface area contributed by atoms with Crippen LogP contribution in [0.3, 0.4) is 0 Å². The summed E-state index contributed by atoms with van der Waals surface area (Å²) < 4.78 is 10.4. The third-order valence-corrected chi connectivity index (χ3v) is 4.64. The second-order valence-corrected chi connectivity index (χ2v) is 6.57. The van der Waals surface area contributed by atoms with Gasteiger partial charge in [0.15, 0.2) is 0 Å². The highest BCUT2D eigenvalue weighted by Gasteiger charge is 2.38. The monoisotopic (exact) mass is 397 g/mol. The van der Waals surface area contributed by atoms with Gasteiger partial charge in [-0.1, -0.05) is 23.7 Å². The van der Waals surface area contributed by atoms with Gasteiger partial charge in [-0.3, -0.25) is 9.69 Å². The van der Waals surface area contributed by atoms with E-state index in [1.165, 1.54) is 4.90 Å². The summed E-state index contributed by atoms with van der Waals surface area (Å²) in [6, 6.07) is 14.1. The van der Waals surface area contributed by atoms with Gasteiger partial charge >= 0.3 is 5.97 Å². The molecule has 2 aromatic carbocycles. The lowest BCUT2D eigenvalue weighted by atomic mass is 10.0. The SMILES string of the molecule is CCOC(=O)C1=C(C)N(c2ccc(OC)cc2)C(=O)C1=Cc1ccc(Cl)cc1. The highest BCUT2D eigenvalue weighted by Crippen LogP contribution is 2.36. The van der Waals surface area contributed by atoms with Crippen LogP contribution >= 0.6 is 11.6 Å². The molecule has 0 unspecified atom stereocenters. The second kappa shape index (κ2) is 8.31. The van der Waals surface area contributed by atoms with Crippen molar-refractivity contribution in [2.24, 2.45) is 0 Å². The first-order valence-corrected chi connectivity index (χ1v) is 9.18. The second-order valence-electron chi connectivity index (χ2n) is 6.13. The maximum atomic E-state index is 13.2. The van der Waals surface area contributed by atoms with Gasteiger partial charge in [-0.25, -0.2) is 4.79 Å². The molecule has 2 aromatic rings. The number of hydrogen-bond donors (Lipinski definition) is 0. The highest BCUT2D eigenvalue weighted by molar-refractivity contribution is 6.30. The summed E-state index contributed by atoms with van der Waals surface area (Å²) in [5.41, 5.74) is 2.48. The Morgan fingerprint density at radius 3 is 2.32 bits per heavy atom. The average molecular weight is 398 g/mol. The first kappa shape index (κ1) is 19.7. The lowest BCUT2D eigenvalue weighted by Crippen LogP contribution is -2.24. The van der Waals surface area contributed by atoms with Crippen molar-refractivity contribution in [3.05, 3.63) is 76.0 Å². The predicted octanol–water partition coefficient (Wildman–Crippen LogP) is 4.62. The Bertz CT molecular complexity index is 959. The van der Waals surface area contributed by atoms with Crippen LogP contribution in [0.4, 0.5) is 5.69 Å². The number of nitrogens with zero attached hydrogens (tertiary/aromatic N) is 1. The molecular weight excluding hydrogens is 378 g/mol. The molecule has 6 heteroatoms. The Morgan fingerprint density at radius 1 is 1.11 bits per heavy atom. The number of hydrogen-bond acceptors (Lipinski definition) is 4. The standard InChI is InChI=1S/C22H20ClNO4/c1-4-28-22(26)20-14(2)24(17-9-11-18(27-3)12-10-17)21(25)19(20)13-15-5-7-16(23)8-6-15/h5-13H,4H2,1-3H3. The molecular formula is C22H20ClNO4. The third kappa shape index (κ3) is 3.80. The summed E-state index contributed by atoms with van der Waals surface area (Å²) in [5.74, 6) is -0.134. The lowest BCUT2D eigenvalue weighted by Gasteiger charge is -2.18. The van der Waals surface area contributed by atoms with Gasteiger partial charge in [-0.05, 0) is 61.9 Å². The van der Waals surface area contributed by atoms with Crippen LogP contribution in [0.25, 0.3) is 6.08 Å². The lowest BCUT2D eigenvalue weighted by molar-refractivity contribution is -0.138. The van der Waals surface area contributed by atoms with Crippen LogP contribution in [-0.2, 0) is 14.3 Å². The topological polar surface area (TPSA) is 55.8 Å². The number of halogens is 1. The number of amides is 1. The maximum absolute atomic E-state index is 13.2. The quantitative estimate of drug-likeness (QED) is 0.545. The minimum Gasteiger partial charge on any atom is -0.497 e. The molecule has 0 fully saturated rings. The van der Waals surface area contributed by atoms with E-state index >= 15 is 0 Å². The molecule has 0 saturated carbocycles. The van der Waals surface area contributed by atoms with Gasteiger partial charge in [0.2, 0.25) is 0 Å². The van der Waals surface area contributed by atoms with Crippen LogP contribution in [-0.4, -0.2) is 25.6 Å². The number of methoxy groups -OCH3 is 1. The Balaban J connectivity index is 2.09. The van der Waals surface area contributed by atoms with Crippen molar-refractivity contribution in [2.45, 2.75) is 13.8 Å². The molecule has 0 bridgehead atoms. The largest absolute Gasteiger partial charge is 0.497 e. The van der Waals surface area contributed by atoms with E-state index in [4.69, 9.17) is 21.1 Å². The zero-order valence-electron chi connectivity index (χ0n) is 15.9. The van der Waals surface area contributed by atoms with Gasteiger partial charge in [-0.2, -0.15) is 0 Å². The van der Waals surface area contributed by atoms with E-state index in [2.05, 4.69) is 0 Å². The molecule has 1 aliphatic heterocycles. The van der Waals surface area contributed by atoms with Crippen molar-refractivity contribution in [3.63, 3.8) is 0 Å². The zero-order chi connectivity index (χ0) is 20.3. The Hall–Kier alpha value is -3.05. The number of benzene rings is 2. The normalized spacial score (nSPS) is 15.4. The number of carbonyl (C=O) groups excluding carboxylic acids is 2. The fourth-order valence-corrected chi connectivity index (χ4v) is 3.18. The van der Waals surface area contributed by atoms with Crippen LogP contribution in [0.15, 0.2) is 65.4 Å². The molecule has 0 saturated heterocycles. The Labute approximate surface area is 168 Å². The number of esters is 1. The molecule has 1 heterocycles. The summed E-state index contributed by atoms with van der Waals surface area (Å²) in [6.07, 6.45) is 1.68. The molecule has 28 heavy (non-hydrogen) atoms. The summed E-state index contributed by atoms with van der Waals surface area (Å²) in [5, 5.41) is 0.595. The third-order valence-electron chi connectivity index (χ3n) is 4.39. The van der Waals surface area contributed by atoms with Gasteiger partial charge < -0.3 is 9.47 Å². The number of allylic oxidation sites excluding steroid dienone is 1. The van der Waals surface area contributed by atoms with E-state index in [9.17, 15) is 9.59 Å². The smallest absolute Gasteiger partial charge is 0.340 e. The van der Waals surface area contributed by atoms with Gasteiger partial charge in [0.1, 0.15) is 5.75 Å². The predicted molar refractivity (Wildman–Crippen MR) is 109 cm³/mol. The van der Waals surface area contributed by atoms with Crippen LogP contribution in [0, 0.1) is 0 Å². The van der Waals surface area contributed by atoms with Crippen LogP contribution in [0.2, 0.25) is 5.02 Å².